The molecule has 0 fully saturated rings. The lowest BCUT2D eigenvalue weighted by Crippen LogP contribution is -2.43. The largest absolute Gasteiger partial charge is 0.355 e. The third-order valence-electron chi connectivity index (χ3n) is 1.43. The summed E-state index contributed by atoms with van der Waals surface area (Å²) in [5, 5.41) is 3.14. The average Bonchev–Trinajstić information content (AvgIpc) is 2.04. The number of hydrogen-bond acceptors (Lipinski definition) is 2. The fourth-order valence-corrected chi connectivity index (χ4v) is 0.727. The Bertz CT molecular complexity index is 152. The van der Waals surface area contributed by atoms with Gasteiger partial charge >= 0.3 is 0 Å². The van der Waals surface area contributed by atoms with Gasteiger partial charge < -0.3 is 5.32 Å². The highest BCUT2D eigenvalue weighted by molar-refractivity contribution is 5.79. The topological polar surface area (TPSA) is 62.4 Å². The normalized spacial score (nSPS) is 12.4. The Kier molecular flexibility index (Phi) is 6.32. The summed E-state index contributed by atoms with van der Waals surface area (Å²) in [6.07, 6.45) is 0. The van der Waals surface area contributed by atoms with E-state index in [2.05, 4.69) is 43.4 Å². The van der Waals surface area contributed by atoms with Crippen molar-refractivity contribution in [2.75, 3.05) is 13.1 Å². The number of nitrogens with two attached hydrogens (primary N) is 1. The van der Waals surface area contributed by atoms with E-state index in [1.807, 2.05) is 0 Å². The second-order valence-electron chi connectivity index (χ2n) is 4.00. The van der Waals surface area contributed by atoms with E-state index in [4.69, 9.17) is 5.84 Å². The molecule has 4 nitrogen and oxygen atoms in total. The summed E-state index contributed by atoms with van der Waals surface area (Å²) in [5.41, 5.74) is 2.55. The lowest BCUT2D eigenvalue weighted by atomic mass is 10.2. The second-order valence-corrected chi connectivity index (χ2v) is 4.00. The minimum Gasteiger partial charge on any atom is -0.355 e. The zero-order chi connectivity index (χ0) is 10.3. The highest BCUT2D eigenvalue weighted by atomic mass is 15.3. The Morgan fingerprint density at radius 3 is 2.23 bits per heavy atom. The molecule has 0 atom stereocenters. The first-order chi connectivity index (χ1) is 6.06. The first kappa shape index (κ1) is 12.2. The Balaban J connectivity index is 3.80. The van der Waals surface area contributed by atoms with Crippen LogP contribution in [-0.4, -0.2) is 19.0 Å². The Morgan fingerprint density at radius 1 is 1.23 bits per heavy atom. The van der Waals surface area contributed by atoms with E-state index in [0.29, 0.717) is 17.8 Å². The van der Waals surface area contributed by atoms with Crippen LogP contribution in [0.15, 0.2) is 4.99 Å². The van der Waals surface area contributed by atoms with Gasteiger partial charge in [-0.25, -0.2) is 5.84 Å². The van der Waals surface area contributed by atoms with Gasteiger partial charge in [-0.05, 0) is 11.8 Å². The molecular weight excluding hydrogens is 164 g/mol. The highest BCUT2D eigenvalue weighted by Crippen LogP contribution is 1.91. The van der Waals surface area contributed by atoms with Gasteiger partial charge in [-0.3, -0.25) is 10.4 Å². The summed E-state index contributed by atoms with van der Waals surface area (Å²) >= 11 is 0. The number of rotatable bonds is 4. The number of nitrogens with zero attached hydrogens (tertiary/aromatic N) is 1. The van der Waals surface area contributed by atoms with Gasteiger partial charge in [-0.1, -0.05) is 27.7 Å². The Labute approximate surface area is 81.0 Å². The number of aliphatic imine (C=N–C) groups is 1. The van der Waals surface area contributed by atoms with E-state index in [-0.39, 0.29) is 0 Å². The molecule has 0 bridgehead atoms. The molecule has 0 saturated carbocycles. The van der Waals surface area contributed by atoms with Crippen molar-refractivity contribution < 1.29 is 0 Å². The molecule has 4 heteroatoms. The summed E-state index contributed by atoms with van der Waals surface area (Å²) < 4.78 is 0. The van der Waals surface area contributed by atoms with Gasteiger partial charge in [-0.2, -0.15) is 0 Å². The quantitative estimate of drug-likeness (QED) is 0.262. The van der Waals surface area contributed by atoms with Crippen LogP contribution in [0.4, 0.5) is 0 Å². The molecule has 0 aliphatic carbocycles. The molecule has 0 aromatic heterocycles. The van der Waals surface area contributed by atoms with Gasteiger partial charge in [0.2, 0.25) is 5.96 Å². The average molecular weight is 186 g/mol. The van der Waals surface area contributed by atoms with Crippen molar-refractivity contribution in [3.05, 3.63) is 0 Å². The summed E-state index contributed by atoms with van der Waals surface area (Å²) in [5.74, 6) is 7.14. The van der Waals surface area contributed by atoms with E-state index >= 15 is 0 Å². The van der Waals surface area contributed by atoms with Crippen LogP contribution in [0.1, 0.15) is 27.7 Å². The maximum absolute atomic E-state index is 5.30. The second kappa shape index (κ2) is 6.71. The summed E-state index contributed by atoms with van der Waals surface area (Å²) in [6.45, 7) is 10.2. The fourth-order valence-electron chi connectivity index (χ4n) is 0.727. The van der Waals surface area contributed by atoms with Crippen molar-refractivity contribution in [1.29, 1.82) is 0 Å². The third-order valence-corrected chi connectivity index (χ3v) is 1.43. The molecule has 4 N–H and O–H groups in total. The number of nitrogens with one attached hydrogen (secondary N) is 2. The van der Waals surface area contributed by atoms with Gasteiger partial charge in [0.25, 0.3) is 0 Å². The molecule has 0 amide bonds. The zero-order valence-electron chi connectivity index (χ0n) is 9.09. The van der Waals surface area contributed by atoms with Gasteiger partial charge in [0, 0.05) is 13.1 Å². The standard InChI is InChI=1S/C9H22N4/c1-7(2)5-11-9(13-10)12-6-8(3)4/h7-8H,5-6,10H2,1-4H3,(H2,11,12,13). The summed E-state index contributed by atoms with van der Waals surface area (Å²) in [7, 11) is 0. The molecule has 0 heterocycles. The van der Waals surface area contributed by atoms with E-state index in [0.717, 1.165) is 13.1 Å². The smallest absolute Gasteiger partial charge is 0.205 e. The van der Waals surface area contributed by atoms with Crippen LogP contribution in [0.25, 0.3) is 0 Å². The minimum absolute atomic E-state index is 0.559. The van der Waals surface area contributed by atoms with Gasteiger partial charge in [0.1, 0.15) is 0 Å². The van der Waals surface area contributed by atoms with Crippen molar-refractivity contribution >= 4 is 5.96 Å². The van der Waals surface area contributed by atoms with Gasteiger partial charge in [-0.15, -0.1) is 0 Å². The maximum Gasteiger partial charge on any atom is 0.205 e. The van der Waals surface area contributed by atoms with Crippen LogP contribution in [0.3, 0.4) is 0 Å². The molecule has 0 aromatic carbocycles. The molecule has 0 rings (SSSR count). The summed E-state index contributed by atoms with van der Waals surface area (Å²) in [4.78, 5) is 4.28. The number of hydrazine groups is 1. The highest BCUT2D eigenvalue weighted by Gasteiger charge is 1.98. The summed E-state index contributed by atoms with van der Waals surface area (Å²) in [6, 6.07) is 0. The van der Waals surface area contributed by atoms with Crippen molar-refractivity contribution in [2.24, 2.45) is 22.7 Å². The molecule has 0 saturated heterocycles. The van der Waals surface area contributed by atoms with Crippen LogP contribution in [-0.2, 0) is 0 Å². The molecule has 0 radical (unpaired) electrons. The van der Waals surface area contributed by atoms with Crippen LogP contribution in [0.2, 0.25) is 0 Å². The molecule has 78 valence electrons. The van der Waals surface area contributed by atoms with E-state index in [1.165, 1.54) is 0 Å². The molecule has 0 spiro atoms. The molecule has 0 aromatic rings. The van der Waals surface area contributed by atoms with Crippen molar-refractivity contribution in [2.45, 2.75) is 27.7 Å². The van der Waals surface area contributed by atoms with E-state index in [9.17, 15) is 0 Å². The van der Waals surface area contributed by atoms with Crippen molar-refractivity contribution in [3.8, 4) is 0 Å². The van der Waals surface area contributed by atoms with Crippen LogP contribution >= 0.6 is 0 Å². The third kappa shape index (κ3) is 7.59. The Morgan fingerprint density at radius 2 is 1.85 bits per heavy atom. The maximum atomic E-state index is 5.30. The van der Waals surface area contributed by atoms with E-state index in [1.54, 1.807) is 0 Å². The lowest BCUT2D eigenvalue weighted by Gasteiger charge is -2.11. The number of guanidine groups is 1. The van der Waals surface area contributed by atoms with Crippen LogP contribution < -0.4 is 16.6 Å². The van der Waals surface area contributed by atoms with Crippen LogP contribution in [0.5, 0.6) is 0 Å². The zero-order valence-corrected chi connectivity index (χ0v) is 9.09. The first-order valence-corrected chi connectivity index (χ1v) is 4.81. The lowest BCUT2D eigenvalue weighted by molar-refractivity contribution is 0.608. The molecule has 13 heavy (non-hydrogen) atoms. The van der Waals surface area contributed by atoms with Crippen molar-refractivity contribution in [3.63, 3.8) is 0 Å². The fraction of sp³-hybridized carbons (Fsp3) is 0.889. The SMILES string of the molecule is CC(C)CN=C(NN)NCC(C)C. The Hall–Kier alpha value is -0.770. The molecule has 0 aliphatic heterocycles. The van der Waals surface area contributed by atoms with E-state index < -0.39 is 0 Å². The monoisotopic (exact) mass is 186 g/mol. The molecule has 0 unspecified atom stereocenters. The molecular formula is C9H22N4. The predicted octanol–water partition coefficient (Wildman–Crippen LogP) is 0.707. The predicted molar refractivity (Wildman–Crippen MR) is 57.3 cm³/mol. The van der Waals surface area contributed by atoms with Crippen LogP contribution in [0, 0.1) is 11.8 Å². The van der Waals surface area contributed by atoms with Gasteiger partial charge in [0.05, 0.1) is 0 Å². The minimum atomic E-state index is 0.559. The van der Waals surface area contributed by atoms with Gasteiger partial charge in [0.15, 0.2) is 0 Å². The van der Waals surface area contributed by atoms with Crippen molar-refractivity contribution in [1.82, 2.24) is 10.7 Å². The molecule has 0 aliphatic rings. The number of hydrogen-bond donors (Lipinski definition) is 3. The first-order valence-electron chi connectivity index (χ1n) is 4.81.